The van der Waals surface area contributed by atoms with E-state index in [1.54, 1.807) is 0 Å². The lowest BCUT2D eigenvalue weighted by Crippen LogP contribution is -2.30. The molecule has 0 bridgehead atoms. The number of rotatable bonds is 3. The number of imidazole rings is 1. The molecular formula is C12H18N6. The van der Waals surface area contributed by atoms with E-state index in [2.05, 4.69) is 25.6 Å². The highest BCUT2D eigenvalue weighted by atomic mass is 15.3. The highest BCUT2D eigenvalue weighted by molar-refractivity contribution is 5.51. The van der Waals surface area contributed by atoms with E-state index in [4.69, 9.17) is 0 Å². The highest BCUT2D eigenvalue weighted by Crippen LogP contribution is 2.19. The van der Waals surface area contributed by atoms with E-state index in [1.807, 2.05) is 36.9 Å². The average molecular weight is 246 g/mol. The van der Waals surface area contributed by atoms with Gasteiger partial charge in [0.15, 0.2) is 5.65 Å². The van der Waals surface area contributed by atoms with Gasteiger partial charge >= 0.3 is 0 Å². The first-order valence-electron chi connectivity index (χ1n) is 6.26. The van der Waals surface area contributed by atoms with Crippen molar-refractivity contribution in [1.82, 2.24) is 19.9 Å². The molecule has 3 heterocycles. The second-order valence-corrected chi connectivity index (χ2v) is 4.59. The van der Waals surface area contributed by atoms with Crippen molar-refractivity contribution in [2.75, 3.05) is 37.4 Å². The fraction of sp³-hybridized carbons (Fsp3) is 0.500. The summed E-state index contributed by atoms with van der Waals surface area (Å²) in [5.41, 5.74) is 0.868. The van der Waals surface area contributed by atoms with Gasteiger partial charge in [0.2, 0.25) is 0 Å². The summed E-state index contributed by atoms with van der Waals surface area (Å²) in [7, 11) is 3.88. The summed E-state index contributed by atoms with van der Waals surface area (Å²) in [4.78, 5) is 6.69. The van der Waals surface area contributed by atoms with Crippen molar-refractivity contribution in [2.24, 2.45) is 0 Å². The fourth-order valence-corrected chi connectivity index (χ4v) is 2.37. The van der Waals surface area contributed by atoms with Gasteiger partial charge in [0.05, 0.1) is 6.20 Å². The number of nitrogens with zero attached hydrogens (tertiary/aromatic N) is 4. The van der Waals surface area contributed by atoms with E-state index < -0.39 is 0 Å². The summed E-state index contributed by atoms with van der Waals surface area (Å²) in [6.07, 6.45) is 3.08. The van der Waals surface area contributed by atoms with Gasteiger partial charge < -0.3 is 15.5 Å². The first-order valence-corrected chi connectivity index (χ1v) is 6.26. The maximum atomic E-state index is 4.61. The Labute approximate surface area is 106 Å². The molecule has 6 heteroatoms. The van der Waals surface area contributed by atoms with E-state index in [-0.39, 0.29) is 0 Å². The van der Waals surface area contributed by atoms with Crippen LogP contribution in [0.2, 0.25) is 0 Å². The summed E-state index contributed by atoms with van der Waals surface area (Å²) in [6.45, 7) is 2.07. The summed E-state index contributed by atoms with van der Waals surface area (Å²) < 4.78 is 1.83. The van der Waals surface area contributed by atoms with Gasteiger partial charge in [0.1, 0.15) is 11.6 Å². The highest BCUT2D eigenvalue weighted by Gasteiger charge is 2.22. The second-order valence-electron chi connectivity index (χ2n) is 4.59. The van der Waals surface area contributed by atoms with Gasteiger partial charge in [-0.15, -0.1) is 5.10 Å². The first-order chi connectivity index (χ1) is 8.80. The Kier molecular flexibility index (Phi) is 2.79. The SMILES string of the molecule is CNc1cn2nc(N3CC[C@H](NC)C3)ccc2n1. The predicted molar refractivity (Wildman–Crippen MR) is 72.2 cm³/mol. The van der Waals surface area contributed by atoms with Crippen LogP contribution in [0.25, 0.3) is 5.65 Å². The summed E-state index contributed by atoms with van der Waals surface area (Å²) >= 11 is 0. The zero-order valence-corrected chi connectivity index (χ0v) is 10.7. The Hall–Kier alpha value is -1.82. The normalized spacial score (nSPS) is 19.7. The third-order valence-corrected chi connectivity index (χ3v) is 3.48. The van der Waals surface area contributed by atoms with Crippen molar-refractivity contribution in [3.8, 4) is 0 Å². The van der Waals surface area contributed by atoms with E-state index in [9.17, 15) is 0 Å². The smallest absolute Gasteiger partial charge is 0.156 e. The zero-order valence-electron chi connectivity index (χ0n) is 10.7. The summed E-state index contributed by atoms with van der Waals surface area (Å²) in [6, 6.07) is 4.62. The summed E-state index contributed by atoms with van der Waals surface area (Å²) in [5, 5.41) is 10.9. The van der Waals surface area contributed by atoms with Crippen LogP contribution in [0, 0.1) is 0 Å². The number of nitrogens with one attached hydrogen (secondary N) is 2. The minimum absolute atomic E-state index is 0.568. The van der Waals surface area contributed by atoms with Gasteiger partial charge in [0, 0.05) is 26.2 Å². The third kappa shape index (κ3) is 1.88. The Morgan fingerprint density at radius 3 is 2.94 bits per heavy atom. The third-order valence-electron chi connectivity index (χ3n) is 3.48. The fourth-order valence-electron chi connectivity index (χ4n) is 2.37. The molecule has 0 spiro atoms. The molecule has 1 fully saturated rings. The topological polar surface area (TPSA) is 57.5 Å². The Morgan fingerprint density at radius 2 is 2.22 bits per heavy atom. The van der Waals surface area contributed by atoms with Crippen LogP contribution >= 0.6 is 0 Å². The lowest BCUT2D eigenvalue weighted by atomic mass is 10.3. The van der Waals surface area contributed by atoms with Gasteiger partial charge in [-0.3, -0.25) is 0 Å². The van der Waals surface area contributed by atoms with E-state index >= 15 is 0 Å². The molecule has 3 rings (SSSR count). The number of hydrogen-bond acceptors (Lipinski definition) is 5. The molecule has 96 valence electrons. The quantitative estimate of drug-likeness (QED) is 0.829. The molecule has 18 heavy (non-hydrogen) atoms. The molecule has 1 aliphatic rings. The molecule has 0 saturated carbocycles. The van der Waals surface area contributed by atoms with Crippen molar-refractivity contribution >= 4 is 17.3 Å². The minimum atomic E-state index is 0.568. The van der Waals surface area contributed by atoms with E-state index in [0.717, 1.165) is 30.4 Å². The van der Waals surface area contributed by atoms with Gasteiger partial charge in [-0.25, -0.2) is 9.50 Å². The van der Waals surface area contributed by atoms with Crippen LogP contribution in [0.4, 0.5) is 11.6 Å². The standard InChI is InChI=1S/C12H18N6/c1-13-9-5-6-17(7-9)12-4-3-11-15-10(14-2)8-18(11)16-12/h3-4,8-9,13-14H,5-7H2,1-2H3/t9-/m0/s1. The van der Waals surface area contributed by atoms with Gasteiger partial charge in [0.25, 0.3) is 0 Å². The molecule has 6 nitrogen and oxygen atoms in total. The number of likely N-dealkylation sites (N-methyl/N-ethyl adjacent to an activating group) is 1. The molecule has 2 aromatic rings. The predicted octanol–water partition coefficient (Wildman–Crippen LogP) is 0.569. The van der Waals surface area contributed by atoms with Gasteiger partial charge in [-0.2, -0.15) is 0 Å². The molecule has 1 saturated heterocycles. The molecule has 0 amide bonds. The summed E-state index contributed by atoms with van der Waals surface area (Å²) in [5.74, 6) is 1.86. The van der Waals surface area contributed by atoms with Crippen LogP contribution in [0.15, 0.2) is 18.3 Å². The number of hydrogen-bond donors (Lipinski definition) is 2. The van der Waals surface area contributed by atoms with Crippen molar-refractivity contribution in [2.45, 2.75) is 12.5 Å². The average Bonchev–Trinajstić information content (AvgIpc) is 3.03. The molecule has 1 atom stereocenters. The van der Waals surface area contributed by atoms with Crippen molar-refractivity contribution in [3.05, 3.63) is 18.3 Å². The maximum absolute atomic E-state index is 4.61. The van der Waals surface area contributed by atoms with Crippen molar-refractivity contribution < 1.29 is 0 Å². The minimum Gasteiger partial charge on any atom is -0.372 e. The van der Waals surface area contributed by atoms with Crippen LogP contribution in [-0.2, 0) is 0 Å². The lowest BCUT2D eigenvalue weighted by molar-refractivity contribution is 0.616. The van der Waals surface area contributed by atoms with Gasteiger partial charge in [-0.1, -0.05) is 0 Å². The number of fused-ring (bicyclic) bond motifs is 1. The zero-order chi connectivity index (χ0) is 12.5. The monoisotopic (exact) mass is 246 g/mol. The molecule has 2 N–H and O–H groups in total. The largest absolute Gasteiger partial charge is 0.372 e. The van der Waals surface area contributed by atoms with E-state index in [1.165, 1.54) is 6.42 Å². The molecule has 0 aliphatic carbocycles. The van der Waals surface area contributed by atoms with E-state index in [0.29, 0.717) is 6.04 Å². The van der Waals surface area contributed by atoms with Crippen LogP contribution in [0.5, 0.6) is 0 Å². The molecule has 0 radical (unpaired) electrons. The number of anilines is 2. The van der Waals surface area contributed by atoms with Gasteiger partial charge in [-0.05, 0) is 25.6 Å². The van der Waals surface area contributed by atoms with Crippen LogP contribution in [0.3, 0.4) is 0 Å². The first kappa shape index (κ1) is 11.3. The number of aromatic nitrogens is 3. The Balaban J connectivity index is 1.88. The molecule has 2 aromatic heterocycles. The molecular weight excluding hydrogens is 228 g/mol. The maximum Gasteiger partial charge on any atom is 0.156 e. The molecule has 0 unspecified atom stereocenters. The molecule has 0 aromatic carbocycles. The van der Waals surface area contributed by atoms with Crippen LogP contribution < -0.4 is 15.5 Å². The Bertz CT molecular complexity index is 548. The second kappa shape index (κ2) is 4.45. The van der Waals surface area contributed by atoms with Crippen LogP contribution in [-0.4, -0.2) is 47.8 Å². The molecule has 1 aliphatic heterocycles. The van der Waals surface area contributed by atoms with Crippen LogP contribution in [0.1, 0.15) is 6.42 Å². The van der Waals surface area contributed by atoms with Crippen molar-refractivity contribution in [3.63, 3.8) is 0 Å². The van der Waals surface area contributed by atoms with Crippen molar-refractivity contribution in [1.29, 1.82) is 0 Å². The Morgan fingerprint density at radius 1 is 1.33 bits per heavy atom. The lowest BCUT2D eigenvalue weighted by Gasteiger charge is -2.16.